The van der Waals surface area contributed by atoms with Crippen molar-refractivity contribution in [2.75, 3.05) is 19.6 Å². The molecule has 1 unspecified atom stereocenters. The van der Waals surface area contributed by atoms with Gasteiger partial charge in [0.05, 0.1) is 6.20 Å². The monoisotopic (exact) mass is 333 g/mol. The molecule has 0 saturated carbocycles. The average molecular weight is 333 g/mol. The third-order valence-corrected chi connectivity index (χ3v) is 4.94. The Morgan fingerprint density at radius 1 is 1.39 bits per heavy atom. The minimum Gasteiger partial charge on any atom is -0.347 e. The average Bonchev–Trinajstić information content (AvgIpc) is 3.16. The van der Waals surface area contributed by atoms with E-state index in [1.807, 2.05) is 18.6 Å². The molecule has 0 spiro atoms. The van der Waals surface area contributed by atoms with Crippen LogP contribution in [0, 0.1) is 0 Å². The first kappa shape index (κ1) is 16.1. The van der Waals surface area contributed by atoms with Crippen LogP contribution < -0.4 is 5.32 Å². The number of nitrogens with zero attached hydrogens (tertiary/aromatic N) is 4. The first-order valence-electron chi connectivity index (χ1n) is 8.09. The van der Waals surface area contributed by atoms with Crippen molar-refractivity contribution in [3.63, 3.8) is 0 Å². The lowest BCUT2D eigenvalue weighted by Gasteiger charge is -2.29. The van der Waals surface area contributed by atoms with Gasteiger partial charge in [-0.2, -0.15) is 5.10 Å². The molecule has 6 nitrogen and oxygen atoms in total. The number of rotatable bonds is 5. The standard InChI is InChI=1S/C16H23N5OS/c1-12(9-21-6-4-3-5-7-21)18-15(22)14-11-23-16(19-14)13-8-17-20(2)10-13/h8,10-12H,3-7,9H2,1-2H3,(H,18,22). The number of aryl methyl sites for hydroxylation is 1. The number of nitrogens with one attached hydrogen (secondary N) is 1. The highest BCUT2D eigenvalue weighted by Gasteiger charge is 2.17. The Balaban J connectivity index is 1.56. The summed E-state index contributed by atoms with van der Waals surface area (Å²) >= 11 is 1.47. The molecule has 23 heavy (non-hydrogen) atoms. The molecule has 1 saturated heterocycles. The van der Waals surface area contributed by atoms with Gasteiger partial charge in [0.15, 0.2) is 0 Å². The molecule has 0 aromatic carbocycles. The van der Waals surface area contributed by atoms with Crippen molar-refractivity contribution in [1.82, 2.24) is 25.0 Å². The lowest BCUT2D eigenvalue weighted by molar-refractivity contribution is 0.0921. The molecule has 124 valence electrons. The summed E-state index contributed by atoms with van der Waals surface area (Å²) in [5.74, 6) is -0.0964. The normalized spacial score (nSPS) is 17.1. The molecule has 7 heteroatoms. The number of hydrogen-bond donors (Lipinski definition) is 1. The molecule has 3 rings (SSSR count). The summed E-state index contributed by atoms with van der Waals surface area (Å²) in [5.41, 5.74) is 1.43. The van der Waals surface area contributed by atoms with Crippen LogP contribution in [0.25, 0.3) is 10.6 Å². The van der Waals surface area contributed by atoms with Crippen LogP contribution in [0.4, 0.5) is 0 Å². The molecule has 1 aliphatic heterocycles. The summed E-state index contributed by atoms with van der Waals surface area (Å²) < 4.78 is 1.73. The topological polar surface area (TPSA) is 63.1 Å². The summed E-state index contributed by atoms with van der Waals surface area (Å²) in [6.07, 6.45) is 7.52. The third kappa shape index (κ3) is 4.17. The van der Waals surface area contributed by atoms with E-state index in [0.717, 1.165) is 30.2 Å². The van der Waals surface area contributed by atoms with Gasteiger partial charge in [0.1, 0.15) is 10.7 Å². The summed E-state index contributed by atoms with van der Waals surface area (Å²) in [6, 6.07) is 0.129. The van der Waals surface area contributed by atoms with Gasteiger partial charge in [0.25, 0.3) is 5.91 Å². The summed E-state index contributed by atoms with van der Waals surface area (Å²) in [6.45, 7) is 5.25. The van der Waals surface area contributed by atoms with Crippen LogP contribution in [0.15, 0.2) is 17.8 Å². The lowest BCUT2D eigenvalue weighted by Crippen LogP contribution is -2.43. The van der Waals surface area contributed by atoms with Crippen molar-refractivity contribution in [3.05, 3.63) is 23.5 Å². The first-order valence-corrected chi connectivity index (χ1v) is 8.97. The molecule has 1 aliphatic rings. The fourth-order valence-corrected chi connectivity index (χ4v) is 3.69. The maximum absolute atomic E-state index is 12.3. The van der Waals surface area contributed by atoms with Crippen molar-refractivity contribution in [2.45, 2.75) is 32.2 Å². The van der Waals surface area contributed by atoms with Gasteiger partial charge in [-0.25, -0.2) is 4.98 Å². The Labute approximate surface area is 140 Å². The molecule has 1 amide bonds. The summed E-state index contributed by atoms with van der Waals surface area (Å²) in [7, 11) is 1.87. The van der Waals surface area contributed by atoms with Crippen molar-refractivity contribution < 1.29 is 4.79 Å². The largest absolute Gasteiger partial charge is 0.347 e. The van der Waals surface area contributed by atoms with Gasteiger partial charge in [-0.3, -0.25) is 9.48 Å². The van der Waals surface area contributed by atoms with Crippen LogP contribution in [-0.4, -0.2) is 51.2 Å². The maximum Gasteiger partial charge on any atom is 0.271 e. The second-order valence-electron chi connectivity index (χ2n) is 6.18. The lowest BCUT2D eigenvalue weighted by atomic mass is 10.1. The quantitative estimate of drug-likeness (QED) is 0.911. The van der Waals surface area contributed by atoms with Gasteiger partial charge in [-0.1, -0.05) is 6.42 Å². The Morgan fingerprint density at radius 2 is 2.17 bits per heavy atom. The third-order valence-electron chi connectivity index (χ3n) is 4.05. The fraction of sp³-hybridized carbons (Fsp3) is 0.562. The second-order valence-corrected chi connectivity index (χ2v) is 7.03. The summed E-state index contributed by atoms with van der Waals surface area (Å²) in [4.78, 5) is 19.2. The maximum atomic E-state index is 12.3. The number of hydrogen-bond acceptors (Lipinski definition) is 5. The Hall–Kier alpha value is -1.73. The zero-order valence-corrected chi connectivity index (χ0v) is 14.5. The highest BCUT2D eigenvalue weighted by atomic mass is 32.1. The highest BCUT2D eigenvalue weighted by molar-refractivity contribution is 7.13. The van der Waals surface area contributed by atoms with E-state index in [0.29, 0.717) is 5.69 Å². The van der Waals surface area contributed by atoms with Crippen LogP contribution in [0.2, 0.25) is 0 Å². The Bertz CT molecular complexity index is 659. The fourth-order valence-electron chi connectivity index (χ4n) is 2.91. The Kier molecular flexibility index (Phi) is 5.07. The van der Waals surface area contributed by atoms with Crippen molar-refractivity contribution in [1.29, 1.82) is 0 Å². The second kappa shape index (κ2) is 7.23. The molecular formula is C16H23N5OS. The number of carbonyl (C=O) groups is 1. The molecule has 1 atom stereocenters. The number of thiazole rings is 1. The van der Waals surface area contributed by atoms with Gasteiger partial charge in [0.2, 0.25) is 0 Å². The van der Waals surface area contributed by atoms with E-state index in [2.05, 4.69) is 27.2 Å². The van der Waals surface area contributed by atoms with Crippen LogP contribution >= 0.6 is 11.3 Å². The molecular weight excluding hydrogens is 310 g/mol. The van der Waals surface area contributed by atoms with Crippen molar-refractivity contribution in [3.8, 4) is 10.6 Å². The van der Waals surface area contributed by atoms with Crippen molar-refractivity contribution >= 4 is 17.2 Å². The van der Waals surface area contributed by atoms with E-state index in [1.165, 1.54) is 30.6 Å². The zero-order chi connectivity index (χ0) is 16.2. The van der Waals surface area contributed by atoms with E-state index >= 15 is 0 Å². The minimum absolute atomic E-state index is 0.0964. The summed E-state index contributed by atoms with van der Waals surface area (Å²) in [5, 5.41) is 9.83. The van der Waals surface area contributed by atoms with Crippen molar-refractivity contribution in [2.24, 2.45) is 7.05 Å². The van der Waals surface area contributed by atoms with E-state index in [9.17, 15) is 4.79 Å². The van der Waals surface area contributed by atoms with Gasteiger partial charge < -0.3 is 10.2 Å². The SMILES string of the molecule is CC(CN1CCCCC1)NC(=O)c1csc(-c2cnn(C)c2)n1. The predicted molar refractivity (Wildman–Crippen MR) is 91.5 cm³/mol. The van der Waals surface area contributed by atoms with Crippen LogP contribution in [0.3, 0.4) is 0 Å². The van der Waals surface area contributed by atoms with Gasteiger partial charge >= 0.3 is 0 Å². The molecule has 3 heterocycles. The number of likely N-dealkylation sites (tertiary alicyclic amines) is 1. The first-order chi connectivity index (χ1) is 11.1. The minimum atomic E-state index is -0.0964. The van der Waals surface area contributed by atoms with E-state index in [1.54, 1.807) is 10.9 Å². The highest BCUT2D eigenvalue weighted by Crippen LogP contribution is 2.22. The van der Waals surface area contributed by atoms with Gasteiger partial charge in [-0.05, 0) is 32.9 Å². The number of piperidine rings is 1. The molecule has 0 bridgehead atoms. The van der Waals surface area contributed by atoms with E-state index in [-0.39, 0.29) is 11.9 Å². The van der Waals surface area contributed by atoms with Gasteiger partial charge in [0, 0.05) is 36.8 Å². The van der Waals surface area contributed by atoms with Gasteiger partial charge in [-0.15, -0.1) is 11.3 Å². The van der Waals surface area contributed by atoms with E-state index < -0.39 is 0 Å². The predicted octanol–water partition coefficient (Wildman–Crippen LogP) is 2.15. The number of aromatic nitrogens is 3. The van der Waals surface area contributed by atoms with E-state index in [4.69, 9.17) is 0 Å². The Morgan fingerprint density at radius 3 is 2.87 bits per heavy atom. The number of amides is 1. The van der Waals surface area contributed by atoms with Crippen LogP contribution in [0.5, 0.6) is 0 Å². The molecule has 0 radical (unpaired) electrons. The molecule has 1 fully saturated rings. The van der Waals surface area contributed by atoms with Crippen LogP contribution in [-0.2, 0) is 7.05 Å². The molecule has 2 aromatic rings. The molecule has 1 N–H and O–H groups in total. The number of carbonyl (C=O) groups excluding carboxylic acids is 1. The molecule has 0 aliphatic carbocycles. The zero-order valence-electron chi connectivity index (χ0n) is 13.7. The van der Waals surface area contributed by atoms with Crippen LogP contribution in [0.1, 0.15) is 36.7 Å². The molecule has 2 aromatic heterocycles. The smallest absolute Gasteiger partial charge is 0.271 e.